The summed E-state index contributed by atoms with van der Waals surface area (Å²) in [6.45, 7) is 5.87. The van der Waals surface area contributed by atoms with Crippen LogP contribution in [-0.4, -0.2) is 6.29 Å². The maximum Gasteiger partial charge on any atom is 0.120 e. The van der Waals surface area contributed by atoms with Gasteiger partial charge in [0.05, 0.1) is 0 Å². The van der Waals surface area contributed by atoms with E-state index in [9.17, 15) is 4.79 Å². The summed E-state index contributed by atoms with van der Waals surface area (Å²) in [5.74, 6) is 0. The molecule has 0 radical (unpaired) electrons. The normalized spacial score (nSPS) is 9.86. The van der Waals surface area contributed by atoms with Gasteiger partial charge in [-0.05, 0) is 36.6 Å². The number of hydrogen-bond acceptors (Lipinski definition) is 1. The van der Waals surface area contributed by atoms with E-state index >= 15 is 0 Å². The van der Waals surface area contributed by atoms with Crippen molar-refractivity contribution in [3.63, 3.8) is 0 Å². The third-order valence-corrected chi connectivity index (χ3v) is 2.46. The number of benzene rings is 1. The maximum atomic E-state index is 10.3. The van der Waals surface area contributed by atoms with E-state index in [2.05, 4.69) is 28.6 Å². The summed E-state index contributed by atoms with van der Waals surface area (Å²) in [7, 11) is 0. The predicted octanol–water partition coefficient (Wildman–Crippen LogP) is 3.61. The standard InChI is InChI=1S/C12H13BrO/c1-9(2)11-6-10(4-3-5-14)7-12(13)8-11/h5-8H,1,3-4H2,2H3. The van der Waals surface area contributed by atoms with Gasteiger partial charge in [0.2, 0.25) is 0 Å². The van der Waals surface area contributed by atoms with E-state index in [1.165, 1.54) is 5.56 Å². The topological polar surface area (TPSA) is 17.1 Å². The predicted molar refractivity (Wildman–Crippen MR) is 63.2 cm³/mol. The molecular weight excluding hydrogens is 240 g/mol. The van der Waals surface area contributed by atoms with Crippen LogP contribution in [0.4, 0.5) is 0 Å². The molecule has 0 saturated heterocycles. The van der Waals surface area contributed by atoms with E-state index in [-0.39, 0.29) is 0 Å². The van der Waals surface area contributed by atoms with Crippen LogP contribution in [0.1, 0.15) is 24.5 Å². The lowest BCUT2D eigenvalue weighted by Crippen LogP contribution is -1.89. The number of carbonyl (C=O) groups excluding carboxylic acids is 1. The van der Waals surface area contributed by atoms with E-state index in [4.69, 9.17) is 0 Å². The quantitative estimate of drug-likeness (QED) is 0.749. The smallest absolute Gasteiger partial charge is 0.120 e. The molecule has 0 heterocycles. The monoisotopic (exact) mass is 252 g/mol. The minimum absolute atomic E-state index is 0.575. The number of rotatable bonds is 4. The summed E-state index contributed by atoms with van der Waals surface area (Å²) >= 11 is 3.44. The number of carbonyl (C=O) groups is 1. The molecule has 0 unspecified atom stereocenters. The Balaban J connectivity index is 2.94. The van der Waals surface area contributed by atoms with Gasteiger partial charge in [0, 0.05) is 10.9 Å². The zero-order chi connectivity index (χ0) is 10.6. The van der Waals surface area contributed by atoms with Crippen LogP contribution in [-0.2, 0) is 11.2 Å². The van der Waals surface area contributed by atoms with Crippen LogP contribution < -0.4 is 0 Å². The van der Waals surface area contributed by atoms with Crippen molar-refractivity contribution >= 4 is 27.8 Å². The van der Waals surface area contributed by atoms with Crippen LogP contribution in [0.2, 0.25) is 0 Å². The van der Waals surface area contributed by atoms with Crippen LogP contribution in [0.25, 0.3) is 5.57 Å². The first-order valence-corrected chi connectivity index (χ1v) is 5.32. The molecule has 0 aliphatic heterocycles. The highest BCUT2D eigenvalue weighted by atomic mass is 79.9. The number of aldehydes is 1. The molecule has 1 aromatic carbocycles. The van der Waals surface area contributed by atoms with Crippen LogP contribution in [0.3, 0.4) is 0 Å². The Labute approximate surface area is 93.0 Å². The minimum atomic E-state index is 0.575. The van der Waals surface area contributed by atoms with Gasteiger partial charge in [-0.25, -0.2) is 0 Å². The summed E-state index contributed by atoms with van der Waals surface area (Å²) in [5.41, 5.74) is 3.34. The second-order valence-corrected chi connectivity index (χ2v) is 4.25. The number of aryl methyl sites for hydroxylation is 1. The van der Waals surface area contributed by atoms with Gasteiger partial charge in [0.1, 0.15) is 6.29 Å². The Morgan fingerprint density at radius 2 is 2.21 bits per heavy atom. The van der Waals surface area contributed by atoms with Gasteiger partial charge in [-0.15, -0.1) is 0 Å². The fourth-order valence-corrected chi connectivity index (χ4v) is 1.81. The molecule has 0 aromatic heterocycles. The van der Waals surface area contributed by atoms with Crippen molar-refractivity contribution in [2.75, 3.05) is 0 Å². The van der Waals surface area contributed by atoms with Crippen molar-refractivity contribution < 1.29 is 4.79 Å². The first-order chi connectivity index (χ1) is 6.63. The van der Waals surface area contributed by atoms with Crippen LogP contribution >= 0.6 is 15.9 Å². The summed E-state index contributed by atoms with van der Waals surface area (Å²) < 4.78 is 1.04. The van der Waals surface area contributed by atoms with E-state index in [1.54, 1.807) is 0 Å². The first kappa shape index (κ1) is 11.2. The zero-order valence-electron chi connectivity index (χ0n) is 8.22. The summed E-state index contributed by atoms with van der Waals surface area (Å²) in [6.07, 6.45) is 2.32. The molecule has 0 aliphatic rings. The molecule has 0 aliphatic carbocycles. The molecule has 0 atom stereocenters. The molecule has 14 heavy (non-hydrogen) atoms. The van der Waals surface area contributed by atoms with Crippen molar-refractivity contribution in [3.05, 3.63) is 40.4 Å². The zero-order valence-corrected chi connectivity index (χ0v) is 9.80. The molecule has 0 saturated carbocycles. The van der Waals surface area contributed by atoms with Crippen LogP contribution in [0.5, 0.6) is 0 Å². The van der Waals surface area contributed by atoms with Gasteiger partial charge < -0.3 is 4.79 Å². The molecule has 1 nitrogen and oxygen atoms in total. The molecule has 0 amide bonds. The van der Waals surface area contributed by atoms with Crippen molar-refractivity contribution in [1.29, 1.82) is 0 Å². The third kappa shape index (κ3) is 3.11. The van der Waals surface area contributed by atoms with Gasteiger partial charge in [0.15, 0.2) is 0 Å². The molecule has 0 fully saturated rings. The van der Waals surface area contributed by atoms with Crippen LogP contribution in [0, 0.1) is 0 Å². The minimum Gasteiger partial charge on any atom is -0.303 e. The van der Waals surface area contributed by atoms with Gasteiger partial charge in [0.25, 0.3) is 0 Å². The average Bonchev–Trinajstić information content (AvgIpc) is 2.14. The third-order valence-electron chi connectivity index (χ3n) is 2.00. The molecule has 0 spiro atoms. The molecular formula is C12H13BrO. The Hall–Kier alpha value is -0.890. The van der Waals surface area contributed by atoms with Gasteiger partial charge in [-0.2, -0.15) is 0 Å². The summed E-state index contributed by atoms with van der Waals surface area (Å²) in [5, 5.41) is 0. The van der Waals surface area contributed by atoms with Gasteiger partial charge in [-0.3, -0.25) is 0 Å². The maximum absolute atomic E-state index is 10.3. The lowest BCUT2D eigenvalue weighted by Gasteiger charge is -2.05. The van der Waals surface area contributed by atoms with E-state index < -0.39 is 0 Å². The second kappa shape index (κ2) is 5.11. The van der Waals surface area contributed by atoms with E-state index in [1.807, 2.05) is 19.1 Å². The molecule has 0 N–H and O–H groups in total. The number of hydrogen-bond donors (Lipinski definition) is 0. The SMILES string of the molecule is C=C(C)c1cc(Br)cc(CCC=O)c1. The Morgan fingerprint density at radius 3 is 2.79 bits per heavy atom. The first-order valence-electron chi connectivity index (χ1n) is 4.52. The van der Waals surface area contributed by atoms with Crippen molar-refractivity contribution in [3.8, 4) is 0 Å². The van der Waals surface area contributed by atoms with E-state index in [0.717, 1.165) is 28.3 Å². The van der Waals surface area contributed by atoms with Crippen molar-refractivity contribution in [2.45, 2.75) is 19.8 Å². The molecule has 74 valence electrons. The molecule has 1 aromatic rings. The summed E-state index contributed by atoms with van der Waals surface area (Å²) in [6, 6.07) is 6.15. The highest BCUT2D eigenvalue weighted by molar-refractivity contribution is 9.10. The molecule has 2 heteroatoms. The molecule has 1 rings (SSSR count). The lowest BCUT2D eigenvalue weighted by molar-refractivity contribution is -0.107. The second-order valence-electron chi connectivity index (χ2n) is 3.33. The molecule has 0 bridgehead atoms. The van der Waals surface area contributed by atoms with Crippen LogP contribution in [0.15, 0.2) is 29.3 Å². The highest BCUT2D eigenvalue weighted by Crippen LogP contribution is 2.21. The lowest BCUT2D eigenvalue weighted by atomic mass is 10.0. The average molecular weight is 253 g/mol. The van der Waals surface area contributed by atoms with E-state index in [0.29, 0.717) is 6.42 Å². The van der Waals surface area contributed by atoms with Crippen molar-refractivity contribution in [2.24, 2.45) is 0 Å². The fraction of sp³-hybridized carbons (Fsp3) is 0.250. The Kier molecular flexibility index (Phi) is 4.08. The number of halogens is 1. The Morgan fingerprint density at radius 1 is 1.50 bits per heavy atom. The van der Waals surface area contributed by atoms with Crippen molar-refractivity contribution in [1.82, 2.24) is 0 Å². The Bertz CT molecular complexity index is 355. The van der Waals surface area contributed by atoms with Gasteiger partial charge >= 0.3 is 0 Å². The fourth-order valence-electron chi connectivity index (χ4n) is 1.27. The number of allylic oxidation sites excluding steroid dienone is 1. The summed E-state index contributed by atoms with van der Waals surface area (Å²) in [4.78, 5) is 10.3. The van der Waals surface area contributed by atoms with Gasteiger partial charge in [-0.1, -0.05) is 34.1 Å². The highest BCUT2D eigenvalue weighted by Gasteiger charge is 2.00. The largest absolute Gasteiger partial charge is 0.303 e.